The van der Waals surface area contributed by atoms with Gasteiger partial charge in [-0.3, -0.25) is 4.79 Å². The van der Waals surface area contributed by atoms with Crippen LogP contribution in [0.25, 0.3) is 0 Å². The summed E-state index contributed by atoms with van der Waals surface area (Å²) in [6.07, 6.45) is 3.42. The molecule has 0 aliphatic heterocycles. The van der Waals surface area contributed by atoms with Gasteiger partial charge in [-0.1, -0.05) is 27.2 Å². The van der Waals surface area contributed by atoms with Crippen molar-refractivity contribution in [2.24, 2.45) is 17.8 Å². The summed E-state index contributed by atoms with van der Waals surface area (Å²) in [4.78, 5) is 12.4. The second-order valence-corrected chi connectivity index (χ2v) is 7.39. The summed E-state index contributed by atoms with van der Waals surface area (Å²) in [5, 5.41) is 3.16. The van der Waals surface area contributed by atoms with Crippen molar-refractivity contribution < 1.29 is 9.18 Å². The molecule has 2 nitrogen and oxygen atoms in total. The van der Waals surface area contributed by atoms with Crippen LogP contribution in [-0.4, -0.2) is 11.9 Å². The molecule has 0 aromatic heterocycles. The first kappa shape index (κ1) is 16.5. The second-order valence-electron chi connectivity index (χ2n) is 6.53. The molecule has 1 N–H and O–H groups in total. The predicted octanol–water partition coefficient (Wildman–Crippen LogP) is 4.78. The van der Waals surface area contributed by atoms with E-state index in [1.165, 1.54) is 18.6 Å². The molecule has 1 saturated carbocycles. The van der Waals surface area contributed by atoms with Gasteiger partial charge in [0.25, 0.3) is 5.91 Å². The maximum Gasteiger partial charge on any atom is 0.251 e. The van der Waals surface area contributed by atoms with Gasteiger partial charge in [0.2, 0.25) is 0 Å². The summed E-state index contributed by atoms with van der Waals surface area (Å²) in [6.45, 7) is 6.67. The van der Waals surface area contributed by atoms with E-state index in [1.54, 1.807) is 6.07 Å². The highest BCUT2D eigenvalue weighted by molar-refractivity contribution is 9.10. The lowest BCUT2D eigenvalue weighted by atomic mass is 9.74. The third kappa shape index (κ3) is 4.06. The molecule has 3 atom stereocenters. The fraction of sp³-hybridized carbons (Fsp3) is 0.588. The SMILES string of the molecule is CC1CCC(C(C)C)C(NC(=O)c2ccc(F)c(Br)c2)C1. The van der Waals surface area contributed by atoms with Crippen LogP contribution in [0.1, 0.15) is 50.4 Å². The highest BCUT2D eigenvalue weighted by Gasteiger charge is 2.31. The summed E-state index contributed by atoms with van der Waals surface area (Å²) >= 11 is 3.13. The van der Waals surface area contributed by atoms with Gasteiger partial charge in [-0.25, -0.2) is 4.39 Å². The highest BCUT2D eigenvalue weighted by Crippen LogP contribution is 2.33. The summed E-state index contributed by atoms with van der Waals surface area (Å²) in [5.74, 6) is 1.26. The number of carbonyl (C=O) groups excluding carboxylic acids is 1. The summed E-state index contributed by atoms with van der Waals surface area (Å²) in [6, 6.07) is 4.61. The van der Waals surface area contributed by atoms with Crippen LogP contribution < -0.4 is 5.32 Å². The van der Waals surface area contributed by atoms with E-state index in [0.717, 1.165) is 12.8 Å². The Morgan fingerprint density at radius 1 is 1.38 bits per heavy atom. The average molecular weight is 356 g/mol. The van der Waals surface area contributed by atoms with E-state index in [2.05, 4.69) is 42.0 Å². The van der Waals surface area contributed by atoms with Crippen molar-refractivity contribution in [2.75, 3.05) is 0 Å². The van der Waals surface area contributed by atoms with Gasteiger partial charge in [-0.15, -0.1) is 0 Å². The van der Waals surface area contributed by atoms with Crippen molar-refractivity contribution in [2.45, 2.75) is 46.1 Å². The molecule has 3 unspecified atom stereocenters. The molecule has 0 heterocycles. The van der Waals surface area contributed by atoms with Gasteiger partial charge >= 0.3 is 0 Å². The molecule has 2 rings (SSSR count). The van der Waals surface area contributed by atoms with Crippen LogP contribution >= 0.6 is 15.9 Å². The van der Waals surface area contributed by atoms with Crippen molar-refractivity contribution in [1.29, 1.82) is 0 Å². The van der Waals surface area contributed by atoms with Crippen molar-refractivity contribution in [1.82, 2.24) is 5.32 Å². The number of benzene rings is 1. The minimum atomic E-state index is -0.349. The van der Waals surface area contributed by atoms with E-state index < -0.39 is 0 Å². The Morgan fingerprint density at radius 3 is 2.71 bits per heavy atom. The monoisotopic (exact) mass is 355 g/mol. The van der Waals surface area contributed by atoms with Crippen LogP contribution in [0.5, 0.6) is 0 Å². The Morgan fingerprint density at radius 2 is 2.10 bits per heavy atom. The highest BCUT2D eigenvalue weighted by atomic mass is 79.9. The first-order valence-corrected chi connectivity index (χ1v) is 8.43. The molecule has 0 radical (unpaired) electrons. The molecule has 1 amide bonds. The van der Waals surface area contributed by atoms with Gasteiger partial charge in [-0.2, -0.15) is 0 Å². The lowest BCUT2D eigenvalue weighted by molar-refractivity contribution is 0.0868. The fourth-order valence-corrected chi connectivity index (χ4v) is 3.64. The van der Waals surface area contributed by atoms with Crippen molar-refractivity contribution in [3.05, 3.63) is 34.1 Å². The quantitative estimate of drug-likeness (QED) is 0.830. The van der Waals surface area contributed by atoms with Crippen LogP contribution in [0.2, 0.25) is 0 Å². The van der Waals surface area contributed by atoms with E-state index >= 15 is 0 Å². The Kier molecular flexibility index (Phi) is 5.42. The molecule has 1 aliphatic carbocycles. The van der Waals surface area contributed by atoms with Crippen LogP contribution in [0.3, 0.4) is 0 Å². The lowest BCUT2D eigenvalue weighted by Crippen LogP contribution is -2.45. The molecular formula is C17H23BrFNO. The molecule has 0 bridgehead atoms. The first-order chi connectivity index (χ1) is 9.88. The van der Waals surface area contributed by atoms with Crippen molar-refractivity contribution in [3.63, 3.8) is 0 Å². The molecule has 4 heteroatoms. The molecular weight excluding hydrogens is 333 g/mol. The molecule has 0 saturated heterocycles. The fourth-order valence-electron chi connectivity index (χ4n) is 3.26. The molecule has 1 fully saturated rings. The smallest absolute Gasteiger partial charge is 0.251 e. The van der Waals surface area contributed by atoms with Gasteiger partial charge in [0, 0.05) is 11.6 Å². The molecule has 21 heavy (non-hydrogen) atoms. The lowest BCUT2D eigenvalue weighted by Gasteiger charge is -2.37. The predicted molar refractivity (Wildman–Crippen MR) is 86.7 cm³/mol. The van der Waals surface area contributed by atoms with E-state index in [9.17, 15) is 9.18 Å². The van der Waals surface area contributed by atoms with E-state index in [4.69, 9.17) is 0 Å². The molecule has 0 spiro atoms. The number of rotatable bonds is 3. The van der Waals surface area contributed by atoms with Crippen LogP contribution in [0, 0.1) is 23.6 Å². The van der Waals surface area contributed by atoms with Crippen molar-refractivity contribution >= 4 is 21.8 Å². The third-order valence-corrected chi connectivity index (χ3v) is 5.13. The number of carbonyl (C=O) groups is 1. The third-order valence-electron chi connectivity index (χ3n) is 4.52. The number of amides is 1. The Labute approximate surface area is 134 Å². The maximum absolute atomic E-state index is 13.3. The number of halogens is 2. The largest absolute Gasteiger partial charge is 0.349 e. The number of hydrogen-bond donors (Lipinski definition) is 1. The summed E-state index contributed by atoms with van der Waals surface area (Å²) < 4.78 is 13.6. The zero-order chi connectivity index (χ0) is 15.6. The normalized spacial score (nSPS) is 25.9. The zero-order valence-electron chi connectivity index (χ0n) is 12.8. The molecule has 1 aromatic rings. The standard InChI is InChI=1S/C17H23BrFNO/c1-10(2)13-6-4-11(3)8-16(13)20-17(21)12-5-7-15(19)14(18)9-12/h5,7,9-11,13,16H,4,6,8H2,1-3H3,(H,20,21). The van der Waals surface area contributed by atoms with Gasteiger partial charge in [0.05, 0.1) is 4.47 Å². The van der Waals surface area contributed by atoms with Crippen LogP contribution in [0.15, 0.2) is 22.7 Å². The van der Waals surface area contributed by atoms with Gasteiger partial charge in [-0.05, 0) is 64.7 Å². The van der Waals surface area contributed by atoms with E-state index in [1.807, 2.05) is 0 Å². The molecule has 1 aliphatic rings. The van der Waals surface area contributed by atoms with Crippen LogP contribution in [-0.2, 0) is 0 Å². The van der Waals surface area contributed by atoms with Crippen LogP contribution in [0.4, 0.5) is 4.39 Å². The Hall–Kier alpha value is -0.900. The topological polar surface area (TPSA) is 29.1 Å². The molecule has 116 valence electrons. The van der Waals surface area contributed by atoms with Gasteiger partial charge < -0.3 is 5.32 Å². The minimum Gasteiger partial charge on any atom is -0.349 e. The average Bonchev–Trinajstić information content (AvgIpc) is 2.41. The van der Waals surface area contributed by atoms with Gasteiger partial charge in [0.15, 0.2) is 0 Å². The summed E-state index contributed by atoms with van der Waals surface area (Å²) in [7, 11) is 0. The van der Waals surface area contributed by atoms with Crippen molar-refractivity contribution in [3.8, 4) is 0 Å². The zero-order valence-corrected chi connectivity index (χ0v) is 14.4. The number of nitrogens with one attached hydrogen (secondary N) is 1. The minimum absolute atomic E-state index is 0.111. The second kappa shape index (κ2) is 6.91. The first-order valence-electron chi connectivity index (χ1n) is 7.64. The van der Waals surface area contributed by atoms with Gasteiger partial charge in [0.1, 0.15) is 5.82 Å². The van der Waals surface area contributed by atoms with E-state index in [0.29, 0.717) is 27.8 Å². The number of hydrogen-bond acceptors (Lipinski definition) is 1. The Balaban J connectivity index is 2.10. The molecule has 1 aromatic carbocycles. The Bertz CT molecular complexity index is 518. The van der Waals surface area contributed by atoms with E-state index in [-0.39, 0.29) is 17.8 Å². The summed E-state index contributed by atoms with van der Waals surface area (Å²) in [5.41, 5.74) is 0.504. The maximum atomic E-state index is 13.3.